The van der Waals surface area contributed by atoms with Gasteiger partial charge in [0.2, 0.25) is 0 Å². The summed E-state index contributed by atoms with van der Waals surface area (Å²) in [6.07, 6.45) is 1.69. The number of hydrogen-bond acceptors (Lipinski definition) is 2. The van der Waals surface area contributed by atoms with Crippen molar-refractivity contribution in [3.05, 3.63) is 58.4 Å². The fourth-order valence-corrected chi connectivity index (χ4v) is 2.01. The summed E-state index contributed by atoms with van der Waals surface area (Å²) in [6.45, 7) is 0. The van der Waals surface area contributed by atoms with Crippen molar-refractivity contribution in [2.45, 2.75) is 0 Å². The minimum absolute atomic E-state index is 0.136. The van der Waals surface area contributed by atoms with Crippen LogP contribution < -0.4 is 0 Å². The summed E-state index contributed by atoms with van der Waals surface area (Å²) in [5.41, 5.74) is 1.91. The van der Waals surface area contributed by atoms with E-state index in [0.29, 0.717) is 16.3 Å². The summed E-state index contributed by atoms with van der Waals surface area (Å²) >= 11 is 5.81. The van der Waals surface area contributed by atoms with Crippen LogP contribution in [-0.2, 0) is 7.05 Å². The number of aromatic carboxylic acids is 1. The Morgan fingerprint density at radius 3 is 2.35 bits per heavy atom. The zero-order valence-corrected chi connectivity index (χ0v) is 11.4. The lowest BCUT2D eigenvalue weighted by molar-refractivity contribution is 0.0686. The smallest absolute Gasteiger partial charge is 0.352 e. The summed E-state index contributed by atoms with van der Waals surface area (Å²) in [6, 6.07) is 12.2. The fraction of sp³-hybridized carbons (Fsp3) is 0.0667. The Hall–Kier alpha value is -2.51. The first-order valence-electron chi connectivity index (χ1n) is 5.79. The van der Waals surface area contributed by atoms with E-state index in [1.807, 2.05) is 0 Å². The molecule has 2 rings (SSSR count). The molecule has 0 amide bonds. The normalized spacial score (nSPS) is 11.2. The molecule has 0 radical (unpaired) electrons. The van der Waals surface area contributed by atoms with Gasteiger partial charge in [-0.3, -0.25) is 0 Å². The Labute approximate surface area is 121 Å². The summed E-state index contributed by atoms with van der Waals surface area (Å²) in [5, 5.41) is 18.9. The second-order valence-electron chi connectivity index (χ2n) is 4.19. The molecule has 0 aliphatic carbocycles. The van der Waals surface area contributed by atoms with Gasteiger partial charge in [-0.15, -0.1) is 0 Å². The van der Waals surface area contributed by atoms with Crippen LogP contribution in [0.5, 0.6) is 0 Å². The monoisotopic (exact) mass is 286 g/mol. The van der Waals surface area contributed by atoms with Crippen LogP contribution in [0.15, 0.2) is 36.4 Å². The number of carboxylic acid groups (broad SMARTS) is 1. The number of nitrogens with zero attached hydrogens (tertiary/aromatic N) is 2. The van der Waals surface area contributed by atoms with Crippen molar-refractivity contribution in [2.75, 3.05) is 0 Å². The van der Waals surface area contributed by atoms with E-state index in [4.69, 9.17) is 16.7 Å². The zero-order chi connectivity index (χ0) is 14.7. The standard InChI is InChI=1S/C15H11ClN2O2/c1-18-13(6-7-14(18)15(19)20)11(9-17)8-10-2-4-12(16)5-3-10/h2-8H,1H3,(H,19,20). The lowest BCUT2D eigenvalue weighted by atomic mass is 10.1. The van der Waals surface area contributed by atoms with E-state index in [1.165, 1.54) is 10.6 Å². The number of carboxylic acids is 1. The number of aromatic nitrogens is 1. The highest BCUT2D eigenvalue weighted by atomic mass is 35.5. The van der Waals surface area contributed by atoms with Gasteiger partial charge in [0.15, 0.2) is 0 Å². The van der Waals surface area contributed by atoms with Gasteiger partial charge in [0.1, 0.15) is 11.8 Å². The van der Waals surface area contributed by atoms with E-state index in [-0.39, 0.29) is 5.69 Å². The number of halogens is 1. The molecule has 0 fully saturated rings. The third-order valence-electron chi connectivity index (χ3n) is 2.92. The number of nitriles is 1. The largest absolute Gasteiger partial charge is 0.477 e. The number of carbonyl (C=O) groups is 1. The average molecular weight is 287 g/mol. The number of allylic oxidation sites excluding steroid dienone is 1. The van der Waals surface area contributed by atoms with E-state index in [0.717, 1.165) is 5.56 Å². The molecule has 0 atom stereocenters. The van der Waals surface area contributed by atoms with E-state index in [9.17, 15) is 10.1 Å². The lowest BCUT2D eigenvalue weighted by Gasteiger charge is -2.04. The summed E-state index contributed by atoms with van der Waals surface area (Å²) < 4.78 is 1.48. The quantitative estimate of drug-likeness (QED) is 0.879. The second-order valence-corrected chi connectivity index (χ2v) is 4.63. The number of rotatable bonds is 3. The molecule has 5 heteroatoms. The van der Waals surface area contributed by atoms with Crippen LogP contribution in [0.25, 0.3) is 11.6 Å². The minimum Gasteiger partial charge on any atom is -0.477 e. The molecule has 0 aliphatic heterocycles. The van der Waals surface area contributed by atoms with Crippen LogP contribution in [-0.4, -0.2) is 15.6 Å². The van der Waals surface area contributed by atoms with Crippen molar-refractivity contribution >= 4 is 29.2 Å². The lowest BCUT2D eigenvalue weighted by Crippen LogP contribution is -2.06. The molecule has 1 N–H and O–H groups in total. The summed E-state index contributed by atoms with van der Waals surface area (Å²) in [7, 11) is 1.62. The first-order valence-corrected chi connectivity index (χ1v) is 6.17. The van der Waals surface area contributed by atoms with Crippen LogP contribution >= 0.6 is 11.6 Å². The zero-order valence-electron chi connectivity index (χ0n) is 10.7. The van der Waals surface area contributed by atoms with Gasteiger partial charge in [0.25, 0.3) is 0 Å². The van der Waals surface area contributed by atoms with Gasteiger partial charge >= 0.3 is 5.97 Å². The van der Waals surface area contributed by atoms with Crippen molar-refractivity contribution in [3.8, 4) is 6.07 Å². The molecule has 20 heavy (non-hydrogen) atoms. The van der Waals surface area contributed by atoms with Gasteiger partial charge < -0.3 is 9.67 Å². The SMILES string of the molecule is Cn1c(C(=O)O)ccc1C(C#N)=Cc1ccc(Cl)cc1. The van der Waals surface area contributed by atoms with E-state index >= 15 is 0 Å². The second kappa shape index (κ2) is 5.64. The third kappa shape index (κ3) is 2.73. The highest BCUT2D eigenvalue weighted by molar-refractivity contribution is 6.30. The average Bonchev–Trinajstić information content (AvgIpc) is 2.80. The molecule has 2 aromatic rings. The number of benzene rings is 1. The molecule has 0 saturated carbocycles. The molecule has 1 heterocycles. The van der Waals surface area contributed by atoms with Gasteiger partial charge in [-0.2, -0.15) is 5.26 Å². The molecule has 4 nitrogen and oxygen atoms in total. The van der Waals surface area contributed by atoms with E-state index < -0.39 is 5.97 Å². The summed E-state index contributed by atoms with van der Waals surface area (Å²) in [5.74, 6) is -1.03. The van der Waals surface area contributed by atoms with Gasteiger partial charge in [0.05, 0.1) is 11.3 Å². The van der Waals surface area contributed by atoms with Crippen molar-refractivity contribution in [1.82, 2.24) is 4.57 Å². The number of hydrogen-bond donors (Lipinski definition) is 1. The Balaban J connectivity index is 2.46. The van der Waals surface area contributed by atoms with Crippen molar-refractivity contribution in [3.63, 3.8) is 0 Å². The predicted molar refractivity (Wildman–Crippen MR) is 77.3 cm³/mol. The Morgan fingerprint density at radius 1 is 1.25 bits per heavy atom. The van der Waals surface area contributed by atoms with Crippen LogP contribution in [0.4, 0.5) is 0 Å². The molecule has 0 bridgehead atoms. The third-order valence-corrected chi connectivity index (χ3v) is 3.17. The van der Waals surface area contributed by atoms with Crippen molar-refractivity contribution < 1.29 is 9.90 Å². The molecule has 0 spiro atoms. The molecular weight excluding hydrogens is 276 g/mol. The van der Waals surface area contributed by atoms with Crippen molar-refractivity contribution in [1.29, 1.82) is 5.26 Å². The van der Waals surface area contributed by atoms with E-state index in [1.54, 1.807) is 43.5 Å². The van der Waals surface area contributed by atoms with Crippen LogP contribution in [0.2, 0.25) is 5.02 Å². The fourth-order valence-electron chi connectivity index (χ4n) is 1.89. The molecule has 0 aliphatic rings. The molecule has 1 aromatic carbocycles. The highest BCUT2D eigenvalue weighted by Crippen LogP contribution is 2.21. The van der Waals surface area contributed by atoms with E-state index in [2.05, 4.69) is 6.07 Å². The molecular formula is C15H11ClN2O2. The van der Waals surface area contributed by atoms with Gasteiger partial charge in [0, 0.05) is 12.1 Å². The maximum absolute atomic E-state index is 11.0. The van der Waals surface area contributed by atoms with Gasteiger partial charge in [-0.05, 0) is 35.9 Å². The Bertz CT molecular complexity index is 721. The van der Waals surface area contributed by atoms with Gasteiger partial charge in [-0.1, -0.05) is 23.7 Å². The van der Waals surface area contributed by atoms with Crippen LogP contribution in [0.3, 0.4) is 0 Å². The molecule has 0 saturated heterocycles. The first kappa shape index (κ1) is 13.9. The predicted octanol–water partition coefficient (Wildman–Crippen LogP) is 3.44. The topological polar surface area (TPSA) is 66.0 Å². The van der Waals surface area contributed by atoms with Gasteiger partial charge in [-0.25, -0.2) is 4.79 Å². The Kier molecular flexibility index (Phi) is 3.92. The van der Waals surface area contributed by atoms with Crippen LogP contribution in [0, 0.1) is 11.3 Å². The highest BCUT2D eigenvalue weighted by Gasteiger charge is 2.13. The summed E-state index contributed by atoms with van der Waals surface area (Å²) in [4.78, 5) is 11.0. The molecule has 100 valence electrons. The maximum Gasteiger partial charge on any atom is 0.352 e. The maximum atomic E-state index is 11.0. The molecule has 0 unspecified atom stereocenters. The van der Waals surface area contributed by atoms with Crippen molar-refractivity contribution in [2.24, 2.45) is 7.05 Å². The molecule has 1 aromatic heterocycles. The van der Waals surface area contributed by atoms with Crippen LogP contribution in [0.1, 0.15) is 21.7 Å². The Morgan fingerprint density at radius 2 is 1.85 bits per heavy atom. The first-order chi connectivity index (χ1) is 9.52. The minimum atomic E-state index is -1.03.